The largest absolute Gasteiger partial charge is 0.481 e. The number of fused-ring (bicyclic) bond motifs is 1. The molecule has 0 spiro atoms. The number of rotatable bonds is 10. The van der Waals surface area contributed by atoms with Gasteiger partial charge < -0.3 is 9.84 Å². The van der Waals surface area contributed by atoms with E-state index in [4.69, 9.17) is 21.4 Å². The first-order valence-electron chi connectivity index (χ1n) is 11.2. The minimum Gasteiger partial charge on any atom is -0.481 e. The van der Waals surface area contributed by atoms with Gasteiger partial charge >= 0.3 is 5.97 Å². The molecule has 1 N–H and O–H groups in total. The van der Waals surface area contributed by atoms with Crippen LogP contribution in [-0.2, 0) is 14.6 Å². The smallest absolute Gasteiger partial charge is 0.303 e. The molecule has 0 saturated heterocycles. The third-order valence-corrected chi connectivity index (χ3v) is 7.62. The normalized spacial score (nSPS) is 11.5. The van der Waals surface area contributed by atoms with Gasteiger partial charge in [-0.2, -0.15) is 0 Å². The minimum atomic E-state index is -3.58. The second kappa shape index (κ2) is 11.0. The first kappa shape index (κ1) is 25.5. The number of nitrogens with zero attached hydrogens (tertiary/aromatic N) is 2. The number of sulfone groups is 1. The van der Waals surface area contributed by atoms with E-state index in [1.54, 1.807) is 30.3 Å². The average molecular weight is 529 g/mol. The van der Waals surface area contributed by atoms with E-state index in [0.717, 1.165) is 0 Å². The quantitative estimate of drug-likeness (QED) is 0.241. The summed E-state index contributed by atoms with van der Waals surface area (Å²) in [5, 5.41) is 9.69. The van der Waals surface area contributed by atoms with E-state index in [1.807, 2.05) is 0 Å². The summed E-state index contributed by atoms with van der Waals surface area (Å²) in [6.45, 7) is 0. The van der Waals surface area contributed by atoms with Crippen molar-refractivity contribution in [3.63, 3.8) is 0 Å². The van der Waals surface area contributed by atoms with Crippen LogP contribution in [0.1, 0.15) is 25.7 Å². The number of aromatic nitrogens is 2. The molecule has 0 atom stereocenters. The third kappa shape index (κ3) is 5.98. The number of carboxylic acids is 1. The second-order valence-electron chi connectivity index (χ2n) is 8.10. The number of unbranched alkanes of at least 4 members (excludes halogenated alkanes) is 2. The Bertz CT molecular complexity index is 1530. The van der Waals surface area contributed by atoms with Crippen molar-refractivity contribution < 1.29 is 27.4 Å². The summed E-state index contributed by atoms with van der Waals surface area (Å²) in [5.74, 6) is -0.941. The molecule has 0 aliphatic carbocycles. The van der Waals surface area contributed by atoms with Gasteiger partial charge in [-0.05, 0) is 55.3 Å². The van der Waals surface area contributed by atoms with Crippen molar-refractivity contribution in [3.05, 3.63) is 77.8 Å². The van der Waals surface area contributed by atoms with Crippen LogP contribution >= 0.6 is 11.6 Å². The molecule has 0 bridgehead atoms. The Hall–Kier alpha value is -3.56. The average Bonchev–Trinajstić information content (AvgIpc) is 2.85. The Morgan fingerprint density at radius 1 is 0.972 bits per heavy atom. The first-order chi connectivity index (χ1) is 17.2. The molecule has 0 radical (unpaired) electrons. The van der Waals surface area contributed by atoms with Crippen molar-refractivity contribution in [1.29, 1.82) is 0 Å². The van der Waals surface area contributed by atoms with Gasteiger partial charge in [-0.1, -0.05) is 36.2 Å². The molecule has 0 unspecified atom stereocenters. The van der Waals surface area contributed by atoms with Gasteiger partial charge in [0.1, 0.15) is 23.6 Å². The van der Waals surface area contributed by atoms with Crippen LogP contribution in [0.5, 0.6) is 11.5 Å². The monoisotopic (exact) mass is 528 g/mol. The molecule has 36 heavy (non-hydrogen) atoms. The van der Waals surface area contributed by atoms with Crippen molar-refractivity contribution in [1.82, 2.24) is 9.97 Å². The first-order valence-corrected chi connectivity index (χ1v) is 13.2. The second-order valence-corrected chi connectivity index (χ2v) is 10.6. The predicted molar refractivity (Wildman–Crippen MR) is 135 cm³/mol. The number of hydrogen-bond donors (Lipinski definition) is 1. The van der Waals surface area contributed by atoms with Crippen LogP contribution in [0, 0.1) is 5.82 Å². The molecule has 0 fully saturated rings. The van der Waals surface area contributed by atoms with Crippen LogP contribution < -0.4 is 4.74 Å². The van der Waals surface area contributed by atoms with Gasteiger partial charge in [0.05, 0.1) is 26.9 Å². The Morgan fingerprint density at radius 2 is 1.75 bits per heavy atom. The molecule has 0 aliphatic rings. The number of halogens is 2. The summed E-state index contributed by atoms with van der Waals surface area (Å²) in [4.78, 5) is 19.1. The van der Waals surface area contributed by atoms with Crippen molar-refractivity contribution in [2.24, 2.45) is 0 Å². The maximum absolute atomic E-state index is 14.8. The van der Waals surface area contributed by atoms with Crippen molar-refractivity contribution in [2.45, 2.75) is 30.6 Å². The molecule has 0 amide bonds. The summed E-state index contributed by atoms with van der Waals surface area (Å²) in [6, 6.07) is 15.4. The zero-order valence-corrected chi connectivity index (χ0v) is 20.6. The highest BCUT2D eigenvalue weighted by molar-refractivity contribution is 7.91. The molecule has 0 aliphatic heterocycles. The number of hydrogen-bond acceptors (Lipinski definition) is 6. The number of benzene rings is 3. The topological polar surface area (TPSA) is 106 Å². The van der Waals surface area contributed by atoms with Gasteiger partial charge in [-0.15, -0.1) is 0 Å². The van der Waals surface area contributed by atoms with E-state index in [9.17, 15) is 17.6 Å². The molecule has 4 aromatic rings. The summed E-state index contributed by atoms with van der Waals surface area (Å²) < 4.78 is 46.1. The van der Waals surface area contributed by atoms with Gasteiger partial charge in [0.2, 0.25) is 0 Å². The molecule has 1 aromatic heterocycles. The lowest BCUT2D eigenvalue weighted by Gasteiger charge is -2.11. The van der Waals surface area contributed by atoms with Crippen molar-refractivity contribution >= 4 is 38.3 Å². The predicted octanol–water partition coefficient (Wildman–Crippen LogP) is 6.30. The zero-order chi connectivity index (χ0) is 25.7. The molecule has 7 nitrogen and oxygen atoms in total. The highest BCUT2D eigenvalue weighted by atomic mass is 35.5. The molecule has 4 rings (SSSR count). The van der Waals surface area contributed by atoms with E-state index in [-0.39, 0.29) is 28.4 Å². The van der Waals surface area contributed by atoms with Crippen LogP contribution in [0.4, 0.5) is 4.39 Å². The van der Waals surface area contributed by atoms with Crippen LogP contribution in [0.15, 0.2) is 71.9 Å². The lowest BCUT2D eigenvalue weighted by atomic mass is 10.1. The lowest BCUT2D eigenvalue weighted by Crippen LogP contribution is -2.07. The van der Waals surface area contributed by atoms with E-state index in [0.29, 0.717) is 46.6 Å². The number of carboxylic acid groups (broad SMARTS) is 1. The number of carbonyl (C=O) groups is 1. The Balaban J connectivity index is 1.55. The Labute approximate surface area is 212 Å². The molecule has 186 valence electrons. The maximum atomic E-state index is 14.8. The Morgan fingerprint density at radius 3 is 2.56 bits per heavy atom. The van der Waals surface area contributed by atoms with Gasteiger partial charge in [-0.3, -0.25) is 4.79 Å². The van der Waals surface area contributed by atoms with Crippen LogP contribution in [0.25, 0.3) is 22.2 Å². The van der Waals surface area contributed by atoms with Crippen LogP contribution in [0.2, 0.25) is 5.02 Å². The number of ether oxygens (including phenoxy) is 1. The summed E-state index contributed by atoms with van der Waals surface area (Å²) >= 11 is 6.22. The van der Waals surface area contributed by atoms with E-state index in [1.165, 1.54) is 36.7 Å². The van der Waals surface area contributed by atoms with Gasteiger partial charge in [0.15, 0.2) is 9.84 Å². The van der Waals surface area contributed by atoms with E-state index >= 15 is 0 Å². The molecule has 1 heterocycles. The number of para-hydroxylation sites is 1. The minimum absolute atomic E-state index is 0.0148. The maximum Gasteiger partial charge on any atom is 0.303 e. The molecular formula is C26H22ClFN2O5S. The van der Waals surface area contributed by atoms with Crippen molar-refractivity contribution in [2.75, 3.05) is 5.75 Å². The fourth-order valence-electron chi connectivity index (χ4n) is 3.75. The van der Waals surface area contributed by atoms with Gasteiger partial charge in [0.25, 0.3) is 0 Å². The summed E-state index contributed by atoms with van der Waals surface area (Å²) in [7, 11) is -3.58. The van der Waals surface area contributed by atoms with Crippen LogP contribution in [-0.4, -0.2) is 35.2 Å². The van der Waals surface area contributed by atoms with Gasteiger partial charge in [0, 0.05) is 17.4 Å². The number of aliphatic carboxylic acids is 1. The third-order valence-electron chi connectivity index (χ3n) is 5.51. The highest BCUT2D eigenvalue weighted by Gasteiger charge is 2.17. The Kier molecular flexibility index (Phi) is 7.81. The molecule has 3 aromatic carbocycles. The van der Waals surface area contributed by atoms with Crippen molar-refractivity contribution in [3.8, 4) is 22.8 Å². The summed E-state index contributed by atoms with van der Waals surface area (Å²) in [5.41, 5.74) is 1.03. The molecule has 0 saturated carbocycles. The zero-order valence-electron chi connectivity index (χ0n) is 19.0. The van der Waals surface area contributed by atoms with E-state index in [2.05, 4.69) is 9.97 Å². The standard InChI is InChI=1S/C26H22ClFN2O5S/c27-22-9-5-8-20-25(29-16-30-26(20)22)21-15-18(11-12-23(21)28)35-17-6-4-7-19(14-17)36(33,34)13-3-1-2-10-24(31)32/h4-9,11-12,14-16H,1-3,10,13H2,(H,31,32). The summed E-state index contributed by atoms with van der Waals surface area (Å²) in [6.07, 6.45) is 2.62. The SMILES string of the molecule is O=C(O)CCCCCS(=O)(=O)c1cccc(Oc2ccc(F)c(-c3ncnc4c(Cl)cccc34)c2)c1. The van der Waals surface area contributed by atoms with Crippen LogP contribution in [0.3, 0.4) is 0 Å². The molecule has 10 heteroatoms. The van der Waals surface area contributed by atoms with E-state index < -0.39 is 21.6 Å². The fourth-order valence-corrected chi connectivity index (χ4v) is 5.37. The molecular weight excluding hydrogens is 507 g/mol. The highest BCUT2D eigenvalue weighted by Crippen LogP contribution is 2.34. The van der Waals surface area contributed by atoms with Gasteiger partial charge in [-0.25, -0.2) is 22.8 Å². The fraction of sp³-hybridized carbons (Fsp3) is 0.192. The lowest BCUT2D eigenvalue weighted by molar-refractivity contribution is -0.137.